The van der Waals surface area contributed by atoms with E-state index in [1.165, 1.54) is 0 Å². The summed E-state index contributed by atoms with van der Waals surface area (Å²) in [5.74, 6) is 1.53. The predicted molar refractivity (Wildman–Crippen MR) is 117 cm³/mol. The highest BCUT2D eigenvalue weighted by Gasteiger charge is 2.13. The standard InChI is InChI=1S/C23H28N4O3/c1-16-14-17(23(28)24-8-3-9-27-10-12-30-13-11-27)4-6-19(16)22-25-20-7-5-18(29-2)15-21(20)26-22/h4-7,14-15H,3,8-13H2,1-2H3,(H,24,28)(H,25,26). The maximum atomic E-state index is 12.5. The summed E-state index contributed by atoms with van der Waals surface area (Å²) in [6, 6.07) is 11.5. The highest BCUT2D eigenvalue weighted by atomic mass is 16.5. The minimum atomic E-state index is -0.0408. The first-order chi connectivity index (χ1) is 14.6. The average molecular weight is 409 g/mol. The van der Waals surface area contributed by atoms with Gasteiger partial charge in [0.05, 0.1) is 31.4 Å². The summed E-state index contributed by atoms with van der Waals surface area (Å²) >= 11 is 0. The third kappa shape index (κ3) is 4.63. The van der Waals surface area contributed by atoms with Crippen LogP contribution < -0.4 is 10.1 Å². The number of fused-ring (bicyclic) bond motifs is 1. The second kappa shape index (κ2) is 9.28. The fourth-order valence-corrected chi connectivity index (χ4v) is 3.75. The molecule has 1 saturated heterocycles. The normalized spacial score (nSPS) is 14.7. The SMILES string of the molecule is COc1ccc2nc(-c3ccc(C(=O)NCCCN4CCOCC4)cc3C)[nH]c2c1. The molecule has 0 aliphatic carbocycles. The molecule has 1 aromatic heterocycles. The number of hydrogen-bond donors (Lipinski definition) is 2. The van der Waals surface area contributed by atoms with Gasteiger partial charge in [0.15, 0.2) is 0 Å². The Balaban J connectivity index is 1.38. The Kier molecular flexibility index (Phi) is 6.30. The van der Waals surface area contributed by atoms with Gasteiger partial charge in [-0.1, -0.05) is 6.07 Å². The topological polar surface area (TPSA) is 79.5 Å². The molecule has 4 rings (SSSR count). The molecule has 30 heavy (non-hydrogen) atoms. The molecule has 0 radical (unpaired) electrons. The van der Waals surface area contributed by atoms with Crippen LogP contribution in [-0.4, -0.2) is 67.3 Å². The van der Waals surface area contributed by atoms with Crippen LogP contribution >= 0.6 is 0 Å². The number of aromatic nitrogens is 2. The Morgan fingerprint density at radius 1 is 1.23 bits per heavy atom. The minimum absolute atomic E-state index is 0.0408. The molecule has 0 spiro atoms. The van der Waals surface area contributed by atoms with E-state index < -0.39 is 0 Å². The summed E-state index contributed by atoms with van der Waals surface area (Å²) in [6.07, 6.45) is 0.936. The number of carbonyl (C=O) groups is 1. The van der Waals surface area contributed by atoms with Crippen molar-refractivity contribution in [3.05, 3.63) is 47.5 Å². The number of morpholine rings is 1. The van der Waals surface area contributed by atoms with E-state index in [0.29, 0.717) is 12.1 Å². The number of benzene rings is 2. The van der Waals surface area contributed by atoms with Crippen LogP contribution in [-0.2, 0) is 4.74 Å². The number of aryl methyl sites for hydroxylation is 1. The fourth-order valence-electron chi connectivity index (χ4n) is 3.75. The van der Waals surface area contributed by atoms with E-state index in [9.17, 15) is 4.79 Å². The number of nitrogens with one attached hydrogen (secondary N) is 2. The summed E-state index contributed by atoms with van der Waals surface area (Å²) in [4.78, 5) is 22.9. The van der Waals surface area contributed by atoms with Crippen LogP contribution in [0.1, 0.15) is 22.3 Å². The smallest absolute Gasteiger partial charge is 0.251 e. The zero-order valence-electron chi connectivity index (χ0n) is 17.5. The van der Waals surface area contributed by atoms with Gasteiger partial charge >= 0.3 is 0 Å². The van der Waals surface area contributed by atoms with Crippen LogP contribution in [0.4, 0.5) is 0 Å². The number of ether oxygens (including phenoxy) is 2. The number of hydrogen-bond acceptors (Lipinski definition) is 5. The molecule has 0 bridgehead atoms. The second-order valence-electron chi connectivity index (χ2n) is 7.56. The van der Waals surface area contributed by atoms with Gasteiger partial charge in [0, 0.05) is 36.8 Å². The molecule has 2 N–H and O–H groups in total. The molecule has 0 saturated carbocycles. The van der Waals surface area contributed by atoms with Gasteiger partial charge in [-0.2, -0.15) is 0 Å². The van der Waals surface area contributed by atoms with Crippen LogP contribution in [0.25, 0.3) is 22.4 Å². The van der Waals surface area contributed by atoms with Crippen molar-refractivity contribution >= 4 is 16.9 Å². The maximum Gasteiger partial charge on any atom is 0.251 e. The first-order valence-electron chi connectivity index (χ1n) is 10.4. The van der Waals surface area contributed by atoms with E-state index in [2.05, 4.69) is 20.2 Å². The van der Waals surface area contributed by atoms with Gasteiger partial charge in [0.2, 0.25) is 0 Å². The second-order valence-corrected chi connectivity index (χ2v) is 7.56. The number of nitrogens with zero attached hydrogens (tertiary/aromatic N) is 2. The molecule has 0 atom stereocenters. The van der Waals surface area contributed by atoms with Crippen molar-refractivity contribution in [2.45, 2.75) is 13.3 Å². The van der Waals surface area contributed by atoms with E-state index >= 15 is 0 Å². The van der Waals surface area contributed by atoms with Gasteiger partial charge in [0.25, 0.3) is 5.91 Å². The molecule has 1 aliphatic rings. The Labute approximate surface area is 176 Å². The number of H-pyrrole nitrogens is 1. The van der Waals surface area contributed by atoms with Gasteiger partial charge in [-0.3, -0.25) is 9.69 Å². The third-order valence-electron chi connectivity index (χ3n) is 5.47. The van der Waals surface area contributed by atoms with E-state index in [0.717, 1.165) is 73.0 Å². The van der Waals surface area contributed by atoms with E-state index in [1.807, 2.05) is 43.3 Å². The van der Waals surface area contributed by atoms with Crippen molar-refractivity contribution in [3.8, 4) is 17.1 Å². The molecule has 1 amide bonds. The van der Waals surface area contributed by atoms with Gasteiger partial charge in [0.1, 0.15) is 11.6 Å². The third-order valence-corrected chi connectivity index (χ3v) is 5.47. The van der Waals surface area contributed by atoms with Crippen LogP contribution in [0.15, 0.2) is 36.4 Å². The summed E-state index contributed by atoms with van der Waals surface area (Å²) in [5.41, 5.74) is 4.45. The maximum absolute atomic E-state index is 12.5. The number of carbonyl (C=O) groups excluding carboxylic acids is 1. The Hall–Kier alpha value is -2.90. The molecule has 2 heterocycles. The quantitative estimate of drug-likeness (QED) is 0.588. The number of imidazole rings is 1. The molecular weight excluding hydrogens is 380 g/mol. The summed E-state index contributed by atoms with van der Waals surface area (Å²) in [5, 5.41) is 3.02. The first kappa shape index (κ1) is 20.4. The van der Waals surface area contributed by atoms with E-state index in [1.54, 1.807) is 7.11 Å². The number of rotatable bonds is 7. The lowest BCUT2D eigenvalue weighted by atomic mass is 10.0. The van der Waals surface area contributed by atoms with Gasteiger partial charge in [-0.15, -0.1) is 0 Å². The Morgan fingerprint density at radius 2 is 2.07 bits per heavy atom. The van der Waals surface area contributed by atoms with Gasteiger partial charge < -0.3 is 19.8 Å². The van der Waals surface area contributed by atoms with Gasteiger partial charge in [-0.05, 0) is 49.7 Å². The van der Waals surface area contributed by atoms with Crippen LogP contribution in [0.5, 0.6) is 5.75 Å². The molecule has 1 fully saturated rings. The molecule has 2 aromatic carbocycles. The molecule has 1 aliphatic heterocycles. The highest BCUT2D eigenvalue weighted by Crippen LogP contribution is 2.26. The largest absolute Gasteiger partial charge is 0.497 e. The molecule has 3 aromatic rings. The summed E-state index contributed by atoms with van der Waals surface area (Å²) < 4.78 is 10.6. The van der Waals surface area contributed by atoms with Crippen molar-refractivity contribution in [2.75, 3.05) is 46.5 Å². The fraction of sp³-hybridized carbons (Fsp3) is 0.391. The molecular formula is C23H28N4O3. The van der Waals surface area contributed by atoms with Crippen molar-refractivity contribution in [3.63, 3.8) is 0 Å². The van der Waals surface area contributed by atoms with E-state index in [-0.39, 0.29) is 5.91 Å². The van der Waals surface area contributed by atoms with Crippen molar-refractivity contribution in [2.24, 2.45) is 0 Å². The van der Waals surface area contributed by atoms with Crippen LogP contribution in [0.2, 0.25) is 0 Å². The lowest BCUT2D eigenvalue weighted by Gasteiger charge is -2.26. The zero-order valence-corrected chi connectivity index (χ0v) is 17.5. The van der Waals surface area contributed by atoms with Gasteiger partial charge in [-0.25, -0.2) is 4.98 Å². The van der Waals surface area contributed by atoms with Crippen molar-refractivity contribution in [1.29, 1.82) is 0 Å². The predicted octanol–water partition coefficient (Wildman–Crippen LogP) is 3.00. The Bertz CT molecular complexity index is 1020. The average Bonchev–Trinajstić information content (AvgIpc) is 3.20. The molecule has 0 unspecified atom stereocenters. The van der Waals surface area contributed by atoms with Crippen molar-refractivity contribution in [1.82, 2.24) is 20.2 Å². The molecule has 7 heteroatoms. The van der Waals surface area contributed by atoms with Crippen LogP contribution in [0.3, 0.4) is 0 Å². The summed E-state index contributed by atoms with van der Waals surface area (Å²) in [6.45, 7) is 7.21. The first-order valence-corrected chi connectivity index (χ1v) is 10.4. The number of aromatic amines is 1. The number of amides is 1. The monoisotopic (exact) mass is 408 g/mol. The van der Waals surface area contributed by atoms with E-state index in [4.69, 9.17) is 9.47 Å². The lowest BCUT2D eigenvalue weighted by Crippen LogP contribution is -2.38. The Morgan fingerprint density at radius 3 is 2.83 bits per heavy atom. The molecule has 158 valence electrons. The zero-order chi connectivity index (χ0) is 20.9. The van der Waals surface area contributed by atoms with Crippen LogP contribution in [0, 0.1) is 6.92 Å². The lowest BCUT2D eigenvalue weighted by molar-refractivity contribution is 0.0374. The molecule has 7 nitrogen and oxygen atoms in total. The number of methoxy groups -OCH3 is 1. The minimum Gasteiger partial charge on any atom is -0.497 e. The summed E-state index contributed by atoms with van der Waals surface area (Å²) in [7, 11) is 1.65. The van der Waals surface area contributed by atoms with Crippen molar-refractivity contribution < 1.29 is 14.3 Å². The highest BCUT2D eigenvalue weighted by molar-refractivity contribution is 5.95.